The zero-order valence-corrected chi connectivity index (χ0v) is 23.0. The molecular formula is C31H41NO5. The molecule has 37 heavy (non-hydrogen) atoms. The number of unbranched alkanes of at least 4 members (excludes halogenated alkanes) is 2. The number of carbonyl (C=O) groups excluding carboxylic acids is 1. The van der Waals surface area contributed by atoms with Crippen LogP contribution in [-0.2, 0) is 27.2 Å². The Labute approximate surface area is 221 Å². The van der Waals surface area contributed by atoms with E-state index < -0.39 is 17.7 Å². The van der Waals surface area contributed by atoms with Gasteiger partial charge in [0.05, 0.1) is 12.2 Å². The van der Waals surface area contributed by atoms with Gasteiger partial charge in [0, 0.05) is 24.2 Å². The number of hydrogen-bond acceptors (Lipinski definition) is 4. The Morgan fingerprint density at radius 1 is 1.14 bits per heavy atom. The molecule has 0 saturated carbocycles. The van der Waals surface area contributed by atoms with Gasteiger partial charge < -0.3 is 19.5 Å². The maximum atomic E-state index is 13.3. The molecule has 6 nitrogen and oxygen atoms in total. The normalized spacial score (nSPS) is 16.0. The second kappa shape index (κ2) is 11.3. The van der Waals surface area contributed by atoms with Crippen LogP contribution in [0.15, 0.2) is 24.3 Å². The Morgan fingerprint density at radius 3 is 2.62 bits per heavy atom. The second-order valence-electron chi connectivity index (χ2n) is 11.3. The summed E-state index contributed by atoms with van der Waals surface area (Å²) in [6.45, 7) is 11.2. The van der Waals surface area contributed by atoms with E-state index in [2.05, 4.69) is 19.1 Å². The summed E-state index contributed by atoms with van der Waals surface area (Å²) in [5.41, 5.74) is 5.73. The predicted molar refractivity (Wildman–Crippen MR) is 146 cm³/mol. The average molecular weight is 508 g/mol. The summed E-state index contributed by atoms with van der Waals surface area (Å²) < 4.78 is 12.1. The molecule has 2 aliphatic heterocycles. The summed E-state index contributed by atoms with van der Waals surface area (Å²) in [5, 5.41) is 10.4. The number of hydrogen-bond donors (Lipinski definition) is 1. The van der Waals surface area contributed by atoms with E-state index in [0.29, 0.717) is 24.9 Å². The lowest BCUT2D eigenvalue weighted by Gasteiger charge is -2.35. The van der Waals surface area contributed by atoms with Gasteiger partial charge in [-0.2, -0.15) is 0 Å². The van der Waals surface area contributed by atoms with E-state index in [1.165, 1.54) is 0 Å². The molecule has 0 spiro atoms. The molecule has 0 radical (unpaired) electrons. The fourth-order valence-electron chi connectivity index (χ4n) is 5.60. The minimum absolute atomic E-state index is 0.113. The van der Waals surface area contributed by atoms with Gasteiger partial charge in [-0.1, -0.05) is 25.8 Å². The first-order chi connectivity index (χ1) is 17.6. The molecule has 1 atom stereocenters. The summed E-state index contributed by atoms with van der Waals surface area (Å²) in [6.07, 6.45) is 5.72. The number of fused-ring (bicyclic) bond motifs is 2. The van der Waals surface area contributed by atoms with Crippen LogP contribution >= 0.6 is 0 Å². The largest absolute Gasteiger partial charge is 0.493 e. The van der Waals surface area contributed by atoms with Gasteiger partial charge in [-0.05, 0) is 106 Å². The van der Waals surface area contributed by atoms with Crippen molar-refractivity contribution in [1.29, 1.82) is 0 Å². The molecule has 2 aromatic rings. The van der Waals surface area contributed by atoms with Crippen LogP contribution in [-0.4, -0.2) is 35.7 Å². The van der Waals surface area contributed by atoms with Crippen molar-refractivity contribution < 1.29 is 24.2 Å². The molecule has 1 N–H and O–H groups in total. The smallest absolute Gasteiger partial charge is 0.337 e. The second-order valence-corrected chi connectivity index (χ2v) is 11.3. The number of aryl methyl sites for hydroxylation is 2. The van der Waals surface area contributed by atoms with E-state index in [-0.39, 0.29) is 5.91 Å². The number of ether oxygens (including phenoxy) is 2. The molecule has 2 aliphatic rings. The minimum Gasteiger partial charge on any atom is -0.493 e. The van der Waals surface area contributed by atoms with E-state index in [9.17, 15) is 14.7 Å². The molecule has 0 fully saturated rings. The molecule has 200 valence electrons. The van der Waals surface area contributed by atoms with Gasteiger partial charge >= 0.3 is 5.97 Å². The predicted octanol–water partition coefficient (Wildman–Crippen LogP) is 6.79. The maximum absolute atomic E-state index is 13.3. The van der Waals surface area contributed by atoms with Crippen molar-refractivity contribution in [2.24, 2.45) is 0 Å². The molecule has 0 saturated heterocycles. The van der Waals surface area contributed by atoms with E-state index >= 15 is 0 Å². The minimum atomic E-state index is -1.15. The highest BCUT2D eigenvalue weighted by atomic mass is 16.5. The zero-order chi connectivity index (χ0) is 26.7. The molecule has 0 bridgehead atoms. The van der Waals surface area contributed by atoms with E-state index in [0.717, 1.165) is 84.4 Å². The maximum Gasteiger partial charge on any atom is 0.337 e. The van der Waals surface area contributed by atoms with Crippen LogP contribution in [0.2, 0.25) is 0 Å². The molecule has 0 aliphatic carbocycles. The summed E-state index contributed by atoms with van der Waals surface area (Å²) in [4.78, 5) is 27.9. The van der Waals surface area contributed by atoms with Crippen LogP contribution in [0.4, 0.5) is 5.69 Å². The molecule has 4 rings (SSSR count). The number of carboxylic acids is 1. The first-order valence-corrected chi connectivity index (χ1v) is 13.7. The van der Waals surface area contributed by atoms with E-state index in [1.54, 1.807) is 0 Å². The Bertz CT molecular complexity index is 1160. The molecule has 2 heterocycles. The van der Waals surface area contributed by atoms with Gasteiger partial charge in [-0.25, -0.2) is 4.79 Å². The number of carboxylic acid groups (broad SMARTS) is 1. The third kappa shape index (κ3) is 6.01. The standard InChI is InChI=1S/C31H41NO5/c1-6-7-8-13-26(33)32-16-9-12-23-24(32)18-20(2)27(28(23)29(30(34)35)37-31(3,4)5)22-14-15-25-21(19-22)11-10-17-36-25/h14-15,18-19,29H,6-13,16-17H2,1-5H3,(H,34,35). The number of benzene rings is 2. The van der Waals surface area contributed by atoms with Crippen molar-refractivity contribution in [2.75, 3.05) is 18.1 Å². The highest BCUT2D eigenvalue weighted by Crippen LogP contribution is 2.45. The number of amides is 1. The van der Waals surface area contributed by atoms with Crippen LogP contribution in [0.1, 0.15) is 94.6 Å². The zero-order valence-electron chi connectivity index (χ0n) is 23.0. The van der Waals surface area contributed by atoms with Gasteiger partial charge in [-0.15, -0.1) is 0 Å². The van der Waals surface area contributed by atoms with Gasteiger partial charge in [0.15, 0.2) is 6.10 Å². The Balaban J connectivity index is 1.91. The first kappa shape index (κ1) is 27.2. The molecule has 2 aromatic carbocycles. The Kier molecular flexibility index (Phi) is 8.27. The summed E-state index contributed by atoms with van der Waals surface area (Å²) in [6, 6.07) is 8.24. The SMILES string of the molecule is CCCCCC(=O)N1CCCc2c1cc(C)c(-c1ccc3c(c1)CCCO3)c2C(OC(C)(C)C)C(=O)O. The lowest BCUT2D eigenvalue weighted by atomic mass is 9.83. The fourth-order valence-corrected chi connectivity index (χ4v) is 5.60. The van der Waals surface area contributed by atoms with Crippen molar-refractivity contribution in [3.63, 3.8) is 0 Å². The van der Waals surface area contributed by atoms with Crippen molar-refractivity contribution in [1.82, 2.24) is 0 Å². The number of aliphatic carboxylic acids is 1. The number of anilines is 1. The third-order valence-electron chi connectivity index (χ3n) is 7.20. The van der Waals surface area contributed by atoms with Crippen molar-refractivity contribution in [3.05, 3.63) is 46.5 Å². The van der Waals surface area contributed by atoms with Crippen LogP contribution < -0.4 is 9.64 Å². The number of carbonyl (C=O) groups is 2. The fraction of sp³-hybridized carbons (Fsp3) is 0.548. The van der Waals surface area contributed by atoms with Crippen molar-refractivity contribution >= 4 is 17.6 Å². The number of nitrogens with zero attached hydrogens (tertiary/aromatic N) is 1. The topological polar surface area (TPSA) is 76.1 Å². The van der Waals surface area contributed by atoms with E-state index in [1.807, 2.05) is 44.7 Å². The van der Waals surface area contributed by atoms with Gasteiger partial charge in [0.1, 0.15) is 5.75 Å². The highest BCUT2D eigenvalue weighted by molar-refractivity contribution is 5.97. The Morgan fingerprint density at radius 2 is 1.92 bits per heavy atom. The summed E-state index contributed by atoms with van der Waals surface area (Å²) in [7, 11) is 0. The lowest BCUT2D eigenvalue weighted by Crippen LogP contribution is -2.37. The van der Waals surface area contributed by atoms with E-state index in [4.69, 9.17) is 9.47 Å². The molecular weight excluding hydrogens is 466 g/mol. The van der Waals surface area contributed by atoms with Gasteiger partial charge in [0.2, 0.25) is 5.91 Å². The average Bonchev–Trinajstić information content (AvgIpc) is 2.85. The molecule has 6 heteroatoms. The van der Waals surface area contributed by atoms with Gasteiger partial charge in [-0.3, -0.25) is 4.79 Å². The summed E-state index contributed by atoms with van der Waals surface area (Å²) >= 11 is 0. The van der Waals surface area contributed by atoms with Crippen LogP contribution in [0.3, 0.4) is 0 Å². The first-order valence-electron chi connectivity index (χ1n) is 13.7. The highest BCUT2D eigenvalue weighted by Gasteiger charge is 2.36. The molecule has 0 aromatic heterocycles. The third-order valence-corrected chi connectivity index (χ3v) is 7.20. The lowest BCUT2D eigenvalue weighted by molar-refractivity contribution is -0.160. The van der Waals surface area contributed by atoms with Crippen LogP contribution in [0.5, 0.6) is 5.75 Å². The quantitative estimate of drug-likeness (QED) is 0.398. The van der Waals surface area contributed by atoms with Crippen LogP contribution in [0.25, 0.3) is 11.1 Å². The van der Waals surface area contributed by atoms with Crippen molar-refractivity contribution in [3.8, 4) is 16.9 Å². The van der Waals surface area contributed by atoms with Gasteiger partial charge in [0.25, 0.3) is 0 Å². The Hall–Kier alpha value is -2.86. The van der Waals surface area contributed by atoms with Crippen molar-refractivity contribution in [2.45, 2.75) is 97.7 Å². The molecule has 1 unspecified atom stereocenters. The van der Waals surface area contributed by atoms with Crippen LogP contribution in [0, 0.1) is 6.92 Å². The number of rotatable bonds is 8. The summed E-state index contributed by atoms with van der Waals surface area (Å²) in [5.74, 6) is -0.00421. The molecule has 1 amide bonds. The monoisotopic (exact) mass is 507 g/mol.